The number of carbonyl (C=O) groups excluding carboxylic acids is 1. The Morgan fingerprint density at radius 1 is 1.13 bits per heavy atom. The van der Waals surface area contributed by atoms with Crippen molar-refractivity contribution in [2.24, 2.45) is 0 Å². The molecule has 0 saturated heterocycles. The molecule has 0 saturated carbocycles. The molecule has 122 valence electrons. The Morgan fingerprint density at radius 3 is 2.57 bits per heavy atom. The van der Waals surface area contributed by atoms with Gasteiger partial charge in [0.15, 0.2) is 0 Å². The Morgan fingerprint density at radius 2 is 1.87 bits per heavy atom. The summed E-state index contributed by atoms with van der Waals surface area (Å²) < 4.78 is 35.9. The van der Waals surface area contributed by atoms with E-state index >= 15 is 0 Å². The van der Waals surface area contributed by atoms with Gasteiger partial charge in [-0.15, -0.1) is 11.8 Å². The van der Waals surface area contributed by atoms with E-state index in [0.29, 0.717) is 5.75 Å². The lowest BCUT2D eigenvalue weighted by molar-refractivity contribution is -0.216. The monoisotopic (exact) mass is 338 g/mol. The highest BCUT2D eigenvalue weighted by Gasteiger charge is 2.44. The van der Waals surface area contributed by atoms with Crippen LogP contribution in [-0.4, -0.2) is 18.7 Å². The molecule has 0 spiro atoms. The molecule has 0 amide bonds. The summed E-state index contributed by atoms with van der Waals surface area (Å²) in [5.74, 6) is -1.07. The summed E-state index contributed by atoms with van der Waals surface area (Å²) in [6.07, 6.45) is -4.00. The van der Waals surface area contributed by atoms with E-state index in [9.17, 15) is 13.6 Å². The second-order valence-electron chi connectivity index (χ2n) is 4.59. The van der Waals surface area contributed by atoms with Gasteiger partial charge in [-0.3, -0.25) is 0 Å². The molecule has 0 fully saturated rings. The van der Waals surface area contributed by atoms with Crippen LogP contribution in [0.5, 0.6) is 5.75 Å². The summed E-state index contributed by atoms with van der Waals surface area (Å²) in [5.41, 5.74) is 1.13. The third-order valence-corrected chi connectivity index (χ3v) is 3.88. The zero-order valence-electron chi connectivity index (χ0n) is 12.5. The molecule has 0 radical (unpaired) electrons. The summed E-state index contributed by atoms with van der Waals surface area (Å²) in [4.78, 5) is 11.9. The van der Waals surface area contributed by atoms with Crippen LogP contribution < -0.4 is 4.74 Å². The van der Waals surface area contributed by atoms with Crippen molar-refractivity contribution in [3.63, 3.8) is 0 Å². The maximum absolute atomic E-state index is 13.6. The van der Waals surface area contributed by atoms with Crippen LogP contribution in [0.15, 0.2) is 59.5 Å². The molecule has 0 bridgehead atoms. The van der Waals surface area contributed by atoms with Gasteiger partial charge in [0, 0.05) is 10.6 Å². The van der Waals surface area contributed by atoms with Gasteiger partial charge < -0.3 is 9.47 Å². The number of carbonyl (C=O) groups is 1. The van der Waals surface area contributed by atoms with Crippen LogP contribution in [0.25, 0.3) is 0 Å². The van der Waals surface area contributed by atoms with Crippen molar-refractivity contribution in [2.75, 3.05) is 6.61 Å². The van der Waals surface area contributed by atoms with Gasteiger partial charge in [0.05, 0.1) is 6.61 Å². The smallest absolute Gasteiger partial charge is 0.459 e. The molecule has 0 aliphatic rings. The van der Waals surface area contributed by atoms with Crippen molar-refractivity contribution in [2.45, 2.75) is 23.7 Å². The lowest BCUT2D eigenvalue weighted by Crippen LogP contribution is -2.36. The minimum absolute atomic E-state index is 0.0823. The lowest BCUT2D eigenvalue weighted by atomic mass is 10.2. The van der Waals surface area contributed by atoms with Gasteiger partial charge in [-0.1, -0.05) is 36.4 Å². The van der Waals surface area contributed by atoms with E-state index in [4.69, 9.17) is 0 Å². The molecule has 0 heterocycles. The summed E-state index contributed by atoms with van der Waals surface area (Å²) in [5, 5.41) is 0. The van der Waals surface area contributed by atoms with E-state index in [1.807, 2.05) is 30.3 Å². The van der Waals surface area contributed by atoms with Crippen LogP contribution in [0.4, 0.5) is 8.78 Å². The van der Waals surface area contributed by atoms with Crippen molar-refractivity contribution < 1.29 is 23.0 Å². The van der Waals surface area contributed by atoms with Crippen molar-refractivity contribution in [1.29, 1.82) is 0 Å². The second-order valence-corrected chi connectivity index (χ2v) is 5.64. The molecule has 0 atom stereocenters. The average Bonchev–Trinajstić information content (AvgIpc) is 2.54. The first-order valence-corrected chi connectivity index (χ1v) is 8.00. The van der Waals surface area contributed by atoms with Crippen molar-refractivity contribution in [1.82, 2.24) is 0 Å². The molecule has 2 aromatic carbocycles. The maximum atomic E-state index is 13.6. The maximum Gasteiger partial charge on any atom is 0.502 e. The van der Waals surface area contributed by atoms with E-state index in [1.54, 1.807) is 12.1 Å². The van der Waals surface area contributed by atoms with Gasteiger partial charge in [-0.2, -0.15) is 8.78 Å². The Hall–Kier alpha value is -2.08. The topological polar surface area (TPSA) is 35.5 Å². The van der Waals surface area contributed by atoms with Gasteiger partial charge >= 0.3 is 12.1 Å². The lowest BCUT2D eigenvalue weighted by Gasteiger charge is -2.16. The largest absolute Gasteiger partial charge is 0.502 e. The third-order valence-electron chi connectivity index (χ3n) is 2.81. The number of thioether (sulfide) groups is 1. The van der Waals surface area contributed by atoms with Gasteiger partial charge in [0.2, 0.25) is 0 Å². The summed E-state index contributed by atoms with van der Waals surface area (Å²) in [6, 6.07) is 16.0. The van der Waals surface area contributed by atoms with Crippen molar-refractivity contribution in [3.8, 4) is 5.75 Å². The zero-order valence-corrected chi connectivity index (χ0v) is 13.3. The fourth-order valence-corrected chi connectivity index (χ4v) is 2.67. The Labute approximate surface area is 137 Å². The Kier molecular flexibility index (Phi) is 5.98. The van der Waals surface area contributed by atoms with E-state index in [0.717, 1.165) is 10.5 Å². The van der Waals surface area contributed by atoms with Crippen LogP contribution in [0.1, 0.15) is 12.5 Å². The number of hydrogen-bond donors (Lipinski definition) is 0. The Bertz CT molecular complexity index is 647. The zero-order chi connectivity index (χ0) is 16.7. The minimum Gasteiger partial charge on any atom is -0.459 e. The van der Waals surface area contributed by atoms with Gasteiger partial charge in [0.1, 0.15) is 5.75 Å². The average molecular weight is 338 g/mol. The highest BCUT2D eigenvalue weighted by Crippen LogP contribution is 2.29. The number of alkyl halides is 2. The van der Waals surface area contributed by atoms with Crippen molar-refractivity contribution >= 4 is 17.7 Å². The van der Waals surface area contributed by atoms with Crippen LogP contribution in [0, 0.1) is 0 Å². The number of halogens is 2. The first kappa shape index (κ1) is 17.3. The number of esters is 1. The van der Waals surface area contributed by atoms with Crippen LogP contribution in [0.3, 0.4) is 0 Å². The number of hydrogen-bond acceptors (Lipinski definition) is 4. The standard InChI is InChI=1S/C17H16F2O3S/c1-2-21-16(20)17(18,19)22-14-9-6-10-15(11-14)23-12-13-7-4-3-5-8-13/h3-11H,2,12H2,1H3. The van der Waals surface area contributed by atoms with Crippen LogP contribution >= 0.6 is 11.8 Å². The number of benzene rings is 2. The number of ether oxygens (including phenoxy) is 2. The molecule has 2 rings (SSSR count). The van der Waals surface area contributed by atoms with Gasteiger partial charge in [-0.05, 0) is 30.7 Å². The predicted octanol–water partition coefficient (Wildman–Crippen LogP) is 4.51. The fourth-order valence-electron chi connectivity index (χ4n) is 1.77. The van der Waals surface area contributed by atoms with E-state index < -0.39 is 12.1 Å². The predicted molar refractivity (Wildman–Crippen MR) is 84.7 cm³/mol. The fraction of sp³-hybridized carbons (Fsp3) is 0.235. The first-order valence-electron chi connectivity index (χ1n) is 7.02. The molecule has 23 heavy (non-hydrogen) atoms. The molecule has 0 aliphatic carbocycles. The molecule has 0 unspecified atom stereocenters. The molecule has 0 N–H and O–H groups in total. The Balaban J connectivity index is 2.00. The molecule has 6 heteroatoms. The van der Waals surface area contributed by atoms with Crippen LogP contribution in [0.2, 0.25) is 0 Å². The minimum atomic E-state index is -4.00. The van der Waals surface area contributed by atoms with Gasteiger partial charge in [0.25, 0.3) is 0 Å². The second kappa shape index (κ2) is 7.97. The summed E-state index contributed by atoms with van der Waals surface area (Å²) in [7, 11) is 0. The molecule has 3 nitrogen and oxygen atoms in total. The summed E-state index contributed by atoms with van der Waals surface area (Å²) in [6.45, 7) is 1.32. The van der Waals surface area contributed by atoms with E-state index in [2.05, 4.69) is 9.47 Å². The van der Waals surface area contributed by atoms with E-state index in [1.165, 1.54) is 30.8 Å². The number of rotatable bonds is 7. The van der Waals surface area contributed by atoms with E-state index in [-0.39, 0.29) is 12.4 Å². The highest BCUT2D eigenvalue weighted by molar-refractivity contribution is 7.98. The molecule has 0 aromatic heterocycles. The molecule has 2 aromatic rings. The summed E-state index contributed by atoms with van der Waals surface area (Å²) >= 11 is 1.49. The van der Waals surface area contributed by atoms with Gasteiger partial charge in [-0.25, -0.2) is 4.79 Å². The SMILES string of the molecule is CCOC(=O)C(F)(F)Oc1cccc(SCc2ccccc2)c1. The third kappa shape index (κ3) is 5.25. The first-order chi connectivity index (χ1) is 11.0. The molecular weight excluding hydrogens is 322 g/mol. The van der Waals surface area contributed by atoms with Crippen LogP contribution in [-0.2, 0) is 15.3 Å². The normalized spacial score (nSPS) is 11.1. The quantitative estimate of drug-likeness (QED) is 0.549. The molecular formula is C17H16F2O3S. The highest BCUT2D eigenvalue weighted by atomic mass is 32.2. The molecule has 0 aliphatic heterocycles. The van der Waals surface area contributed by atoms with Crippen molar-refractivity contribution in [3.05, 3.63) is 60.2 Å².